The highest BCUT2D eigenvalue weighted by Gasteiger charge is 2.22. The number of nitrogens with zero attached hydrogens (tertiary/aromatic N) is 2. The van der Waals surface area contributed by atoms with Gasteiger partial charge in [0.25, 0.3) is 0 Å². The minimum atomic E-state index is -0.0604. The number of fused-ring (bicyclic) bond motifs is 1. The Bertz CT molecular complexity index is 654. The van der Waals surface area contributed by atoms with Crippen LogP contribution in [0, 0.1) is 5.92 Å². The average Bonchev–Trinajstić information content (AvgIpc) is 3.07. The van der Waals surface area contributed by atoms with Gasteiger partial charge in [-0.2, -0.15) is 0 Å². The van der Waals surface area contributed by atoms with E-state index in [4.69, 9.17) is 9.47 Å². The van der Waals surface area contributed by atoms with Crippen LogP contribution in [0.15, 0.2) is 18.2 Å². The number of hydrogen-bond donors (Lipinski definition) is 1. The van der Waals surface area contributed by atoms with E-state index in [1.807, 2.05) is 30.9 Å². The van der Waals surface area contributed by atoms with Crippen LogP contribution in [0.2, 0.25) is 0 Å². The Morgan fingerprint density at radius 1 is 1.12 bits per heavy atom. The third-order valence-corrected chi connectivity index (χ3v) is 4.60. The molecule has 2 aliphatic rings. The number of hydrogen-bond acceptors (Lipinski definition) is 5. The van der Waals surface area contributed by atoms with Crippen molar-refractivity contribution < 1.29 is 19.1 Å². The lowest BCUT2D eigenvalue weighted by Gasteiger charge is -2.34. The fourth-order valence-electron chi connectivity index (χ4n) is 3.18. The molecule has 0 aromatic heterocycles. The van der Waals surface area contributed by atoms with Gasteiger partial charge < -0.3 is 19.7 Å². The summed E-state index contributed by atoms with van der Waals surface area (Å²) < 4.78 is 10.8. The van der Waals surface area contributed by atoms with Crippen molar-refractivity contribution in [3.05, 3.63) is 23.8 Å². The first kappa shape index (κ1) is 18.5. The minimum Gasteiger partial charge on any atom is -0.454 e. The molecule has 2 amide bonds. The van der Waals surface area contributed by atoms with E-state index in [1.165, 1.54) is 5.56 Å². The maximum Gasteiger partial charge on any atom is 0.242 e. The molecule has 26 heavy (non-hydrogen) atoms. The van der Waals surface area contributed by atoms with Gasteiger partial charge in [-0.15, -0.1) is 0 Å². The zero-order valence-corrected chi connectivity index (χ0v) is 15.5. The van der Waals surface area contributed by atoms with Crippen LogP contribution in [0.4, 0.5) is 0 Å². The fourth-order valence-corrected chi connectivity index (χ4v) is 3.18. The second-order valence-corrected chi connectivity index (χ2v) is 7.22. The molecule has 1 aromatic carbocycles. The number of ether oxygens (including phenoxy) is 2. The number of nitrogens with one attached hydrogen (secondary N) is 1. The lowest BCUT2D eigenvalue weighted by atomic mass is 10.1. The van der Waals surface area contributed by atoms with Gasteiger partial charge in [-0.05, 0) is 23.6 Å². The molecule has 0 atom stereocenters. The molecule has 0 saturated carbocycles. The van der Waals surface area contributed by atoms with Crippen LogP contribution in [-0.4, -0.2) is 61.1 Å². The fraction of sp³-hybridized carbons (Fsp3) is 0.579. The van der Waals surface area contributed by atoms with Gasteiger partial charge in [-0.3, -0.25) is 14.5 Å². The van der Waals surface area contributed by atoms with Gasteiger partial charge in [0.15, 0.2) is 11.5 Å². The number of benzene rings is 1. The van der Waals surface area contributed by atoms with Gasteiger partial charge in [-0.25, -0.2) is 0 Å². The van der Waals surface area contributed by atoms with Crippen molar-refractivity contribution >= 4 is 11.8 Å². The van der Waals surface area contributed by atoms with E-state index < -0.39 is 0 Å². The van der Waals surface area contributed by atoms with Gasteiger partial charge >= 0.3 is 0 Å². The van der Waals surface area contributed by atoms with Crippen LogP contribution in [0.5, 0.6) is 11.5 Å². The van der Waals surface area contributed by atoms with Crippen molar-refractivity contribution in [3.63, 3.8) is 0 Å². The van der Waals surface area contributed by atoms with Crippen molar-refractivity contribution in [2.24, 2.45) is 5.92 Å². The lowest BCUT2D eigenvalue weighted by Crippen LogP contribution is -2.50. The Morgan fingerprint density at radius 2 is 1.85 bits per heavy atom. The molecule has 7 heteroatoms. The normalized spacial score (nSPS) is 16.8. The van der Waals surface area contributed by atoms with Crippen LogP contribution in [0.1, 0.15) is 25.8 Å². The van der Waals surface area contributed by atoms with Gasteiger partial charge in [0.2, 0.25) is 18.6 Å². The van der Waals surface area contributed by atoms with Crippen molar-refractivity contribution in [1.82, 2.24) is 15.1 Å². The number of rotatable bonds is 6. The Morgan fingerprint density at radius 3 is 2.58 bits per heavy atom. The third kappa shape index (κ3) is 4.88. The number of carbonyl (C=O) groups is 2. The number of piperazine rings is 1. The molecule has 1 fully saturated rings. The van der Waals surface area contributed by atoms with Crippen molar-refractivity contribution in [2.45, 2.75) is 26.8 Å². The van der Waals surface area contributed by atoms with Crippen LogP contribution in [-0.2, 0) is 16.1 Å². The van der Waals surface area contributed by atoms with E-state index in [9.17, 15) is 9.59 Å². The monoisotopic (exact) mass is 361 g/mol. The molecule has 1 aromatic rings. The first-order valence-corrected chi connectivity index (χ1v) is 9.16. The largest absolute Gasteiger partial charge is 0.454 e. The summed E-state index contributed by atoms with van der Waals surface area (Å²) in [5, 5.41) is 2.72. The Kier molecular flexibility index (Phi) is 5.98. The van der Waals surface area contributed by atoms with Gasteiger partial charge in [0.1, 0.15) is 0 Å². The lowest BCUT2D eigenvalue weighted by molar-refractivity contribution is -0.134. The van der Waals surface area contributed by atoms with Crippen LogP contribution in [0.3, 0.4) is 0 Å². The molecule has 0 radical (unpaired) electrons. The first-order valence-electron chi connectivity index (χ1n) is 9.16. The standard InChI is InChI=1S/C19H27N3O4/c1-14(2)9-18(23)20-11-19(24)22-7-5-21(6-8-22)12-15-3-4-16-17(10-15)26-13-25-16/h3-4,10,14H,5-9,11-13H2,1-2H3,(H,20,23). The van der Waals surface area contributed by atoms with E-state index >= 15 is 0 Å². The average molecular weight is 361 g/mol. The van der Waals surface area contributed by atoms with Crippen molar-refractivity contribution in [2.75, 3.05) is 39.5 Å². The molecule has 7 nitrogen and oxygen atoms in total. The number of amides is 2. The molecular formula is C19H27N3O4. The molecule has 0 aliphatic carbocycles. The molecule has 1 saturated heterocycles. The highest BCUT2D eigenvalue weighted by atomic mass is 16.7. The predicted molar refractivity (Wildman–Crippen MR) is 96.9 cm³/mol. The highest BCUT2D eigenvalue weighted by molar-refractivity contribution is 5.84. The summed E-state index contributed by atoms with van der Waals surface area (Å²) in [5.41, 5.74) is 1.18. The zero-order chi connectivity index (χ0) is 18.5. The molecule has 1 N–H and O–H groups in total. The predicted octanol–water partition coefficient (Wildman–Crippen LogP) is 1.22. The summed E-state index contributed by atoms with van der Waals surface area (Å²) in [5.74, 6) is 1.82. The summed E-state index contributed by atoms with van der Waals surface area (Å²) in [6, 6.07) is 6.01. The van der Waals surface area contributed by atoms with Crippen LogP contribution in [0.25, 0.3) is 0 Å². The van der Waals surface area contributed by atoms with Crippen molar-refractivity contribution in [3.8, 4) is 11.5 Å². The minimum absolute atomic E-state index is 0.00941. The third-order valence-electron chi connectivity index (χ3n) is 4.60. The number of carbonyl (C=O) groups excluding carboxylic acids is 2. The van der Waals surface area contributed by atoms with Gasteiger partial charge in [-0.1, -0.05) is 19.9 Å². The van der Waals surface area contributed by atoms with Crippen LogP contribution >= 0.6 is 0 Å². The molecule has 0 spiro atoms. The van der Waals surface area contributed by atoms with E-state index in [2.05, 4.69) is 16.3 Å². The smallest absolute Gasteiger partial charge is 0.242 e. The van der Waals surface area contributed by atoms with Gasteiger partial charge in [0, 0.05) is 39.1 Å². The van der Waals surface area contributed by atoms with Crippen LogP contribution < -0.4 is 14.8 Å². The Hall–Kier alpha value is -2.28. The van der Waals surface area contributed by atoms with E-state index in [1.54, 1.807) is 0 Å². The topological polar surface area (TPSA) is 71.1 Å². The van der Waals surface area contributed by atoms with E-state index in [0.717, 1.165) is 31.1 Å². The highest BCUT2D eigenvalue weighted by Crippen LogP contribution is 2.32. The quantitative estimate of drug-likeness (QED) is 0.825. The summed E-state index contributed by atoms with van der Waals surface area (Å²) in [4.78, 5) is 28.1. The maximum absolute atomic E-state index is 12.2. The second kappa shape index (κ2) is 8.40. The van der Waals surface area contributed by atoms with E-state index in [0.29, 0.717) is 25.4 Å². The van der Waals surface area contributed by atoms with Gasteiger partial charge in [0.05, 0.1) is 6.54 Å². The molecule has 142 valence electrons. The zero-order valence-electron chi connectivity index (χ0n) is 15.5. The molecule has 2 aliphatic heterocycles. The Balaban J connectivity index is 1.41. The van der Waals surface area contributed by atoms with Crippen molar-refractivity contribution in [1.29, 1.82) is 0 Å². The molecule has 0 bridgehead atoms. The second-order valence-electron chi connectivity index (χ2n) is 7.22. The summed E-state index contributed by atoms with van der Waals surface area (Å²) >= 11 is 0. The maximum atomic E-state index is 12.2. The SMILES string of the molecule is CC(C)CC(=O)NCC(=O)N1CCN(Cc2ccc3c(c2)OCO3)CC1. The summed E-state index contributed by atoms with van der Waals surface area (Å²) in [6.45, 7) is 8.18. The summed E-state index contributed by atoms with van der Waals surface area (Å²) in [7, 11) is 0. The van der Waals surface area contributed by atoms with E-state index in [-0.39, 0.29) is 25.2 Å². The summed E-state index contributed by atoms with van der Waals surface area (Å²) in [6.07, 6.45) is 0.455. The first-order chi connectivity index (χ1) is 12.5. The Labute approximate surface area is 154 Å². The molecule has 3 rings (SSSR count). The molecule has 2 heterocycles. The molecular weight excluding hydrogens is 334 g/mol. The molecule has 0 unspecified atom stereocenters.